The highest BCUT2D eigenvalue weighted by Crippen LogP contribution is 2.30. The number of benzene rings is 1. The molecule has 9 nitrogen and oxygen atoms in total. The summed E-state index contributed by atoms with van der Waals surface area (Å²) < 4.78 is 12.2. The van der Waals surface area contributed by atoms with Crippen LogP contribution >= 0.6 is 0 Å². The van der Waals surface area contributed by atoms with E-state index in [1.807, 2.05) is 6.92 Å². The third kappa shape index (κ3) is 3.82. The minimum absolute atomic E-state index is 0.0181. The maximum Gasteiger partial charge on any atom is 0.290 e. The fourth-order valence-corrected chi connectivity index (χ4v) is 2.35. The van der Waals surface area contributed by atoms with Gasteiger partial charge in [-0.05, 0) is 24.6 Å². The molecule has 136 valence electrons. The number of aryl methyl sites for hydroxylation is 1. The first-order valence-corrected chi connectivity index (χ1v) is 8.15. The number of rotatable bonds is 4. The Morgan fingerprint density at radius 2 is 1.96 bits per heavy atom. The summed E-state index contributed by atoms with van der Waals surface area (Å²) in [5.74, 6) is -0.184. The third-order valence-corrected chi connectivity index (χ3v) is 3.63. The normalized spacial score (nSPS) is 15.2. The number of ether oxygens (including phenoxy) is 2. The SMILES string of the molecule is CCCn1nc(C(=O)NNC(=O)C2COc3ccccc3O2)ccc1=O. The number of amides is 2. The average Bonchev–Trinajstić information content (AvgIpc) is 2.67. The monoisotopic (exact) mass is 358 g/mol. The van der Waals surface area contributed by atoms with Gasteiger partial charge in [0.1, 0.15) is 6.61 Å². The van der Waals surface area contributed by atoms with E-state index in [9.17, 15) is 14.4 Å². The van der Waals surface area contributed by atoms with Gasteiger partial charge in [0.15, 0.2) is 17.2 Å². The van der Waals surface area contributed by atoms with Crippen molar-refractivity contribution in [1.29, 1.82) is 0 Å². The molecular weight excluding hydrogens is 340 g/mol. The first-order valence-electron chi connectivity index (χ1n) is 8.15. The Morgan fingerprint density at radius 3 is 2.73 bits per heavy atom. The van der Waals surface area contributed by atoms with E-state index in [0.29, 0.717) is 24.5 Å². The molecule has 0 radical (unpaired) electrons. The van der Waals surface area contributed by atoms with Crippen molar-refractivity contribution < 1.29 is 19.1 Å². The Balaban J connectivity index is 1.59. The van der Waals surface area contributed by atoms with Gasteiger partial charge >= 0.3 is 0 Å². The van der Waals surface area contributed by atoms with Crippen LogP contribution in [0.1, 0.15) is 23.8 Å². The number of hydrogen-bond donors (Lipinski definition) is 2. The minimum Gasteiger partial charge on any atom is -0.485 e. The van der Waals surface area contributed by atoms with Gasteiger partial charge in [0.05, 0.1) is 0 Å². The summed E-state index contributed by atoms with van der Waals surface area (Å²) in [6.07, 6.45) is -0.193. The van der Waals surface area contributed by atoms with Gasteiger partial charge in [-0.25, -0.2) is 4.68 Å². The highest BCUT2D eigenvalue weighted by molar-refractivity contribution is 5.94. The van der Waals surface area contributed by atoms with Crippen LogP contribution in [0, 0.1) is 0 Å². The minimum atomic E-state index is -0.896. The summed E-state index contributed by atoms with van der Waals surface area (Å²) in [4.78, 5) is 35.9. The molecule has 2 amide bonds. The molecular formula is C17H18N4O5. The first kappa shape index (κ1) is 17.5. The maximum atomic E-state index is 12.2. The molecule has 2 aromatic rings. The van der Waals surface area contributed by atoms with Crippen LogP contribution in [0.4, 0.5) is 0 Å². The van der Waals surface area contributed by atoms with Crippen LogP contribution in [0.3, 0.4) is 0 Å². The number of carbonyl (C=O) groups is 2. The van der Waals surface area contributed by atoms with E-state index in [-0.39, 0.29) is 17.9 Å². The Bertz CT molecular complexity index is 879. The van der Waals surface area contributed by atoms with Crippen LogP contribution in [-0.2, 0) is 11.3 Å². The zero-order valence-corrected chi connectivity index (χ0v) is 14.1. The van der Waals surface area contributed by atoms with Gasteiger partial charge in [0, 0.05) is 12.6 Å². The van der Waals surface area contributed by atoms with E-state index in [0.717, 1.165) is 0 Å². The van der Waals surface area contributed by atoms with Crippen molar-refractivity contribution in [3.8, 4) is 11.5 Å². The zero-order valence-electron chi connectivity index (χ0n) is 14.1. The molecule has 26 heavy (non-hydrogen) atoms. The van der Waals surface area contributed by atoms with Gasteiger partial charge in [-0.1, -0.05) is 19.1 Å². The van der Waals surface area contributed by atoms with Crippen LogP contribution in [0.5, 0.6) is 11.5 Å². The number of hydrazine groups is 1. The lowest BCUT2D eigenvalue weighted by molar-refractivity contribution is -0.131. The molecule has 1 unspecified atom stereocenters. The molecule has 0 fully saturated rings. The van der Waals surface area contributed by atoms with Crippen molar-refractivity contribution >= 4 is 11.8 Å². The molecule has 1 aliphatic heterocycles. The van der Waals surface area contributed by atoms with Crippen molar-refractivity contribution in [3.05, 3.63) is 52.4 Å². The molecule has 1 aromatic heterocycles. The molecule has 2 heterocycles. The topological polar surface area (TPSA) is 112 Å². The van der Waals surface area contributed by atoms with Gasteiger partial charge in [0.2, 0.25) is 6.10 Å². The fourth-order valence-electron chi connectivity index (χ4n) is 2.35. The zero-order chi connectivity index (χ0) is 18.5. The molecule has 2 N–H and O–H groups in total. The number of nitrogens with zero attached hydrogens (tertiary/aromatic N) is 2. The highest BCUT2D eigenvalue weighted by Gasteiger charge is 2.27. The highest BCUT2D eigenvalue weighted by atomic mass is 16.6. The first-order chi connectivity index (χ1) is 12.6. The van der Waals surface area contributed by atoms with E-state index in [1.165, 1.54) is 16.8 Å². The van der Waals surface area contributed by atoms with Crippen LogP contribution in [0.2, 0.25) is 0 Å². The average molecular weight is 358 g/mol. The van der Waals surface area contributed by atoms with E-state index in [1.54, 1.807) is 24.3 Å². The number of nitrogens with one attached hydrogen (secondary N) is 2. The second kappa shape index (κ2) is 7.68. The molecule has 1 atom stereocenters. The second-order valence-corrected chi connectivity index (χ2v) is 5.59. The summed E-state index contributed by atoms with van der Waals surface area (Å²) in [6.45, 7) is 2.32. The predicted molar refractivity (Wildman–Crippen MR) is 90.7 cm³/mol. The Labute approximate surface area is 148 Å². The second-order valence-electron chi connectivity index (χ2n) is 5.59. The van der Waals surface area contributed by atoms with Gasteiger partial charge < -0.3 is 9.47 Å². The summed E-state index contributed by atoms with van der Waals surface area (Å²) in [5, 5.41) is 3.97. The van der Waals surface area contributed by atoms with Crippen molar-refractivity contribution in [1.82, 2.24) is 20.6 Å². The molecule has 1 aliphatic rings. The number of para-hydroxylation sites is 2. The van der Waals surface area contributed by atoms with Gasteiger partial charge in [0.25, 0.3) is 17.4 Å². The smallest absolute Gasteiger partial charge is 0.290 e. The van der Waals surface area contributed by atoms with Crippen molar-refractivity contribution in [3.63, 3.8) is 0 Å². The predicted octanol–water partition coefficient (Wildman–Crippen LogP) is 0.254. The molecule has 0 saturated heterocycles. The molecule has 0 aliphatic carbocycles. The van der Waals surface area contributed by atoms with Gasteiger partial charge in [-0.15, -0.1) is 0 Å². The molecule has 0 bridgehead atoms. The van der Waals surface area contributed by atoms with Crippen LogP contribution in [0.15, 0.2) is 41.2 Å². The summed E-state index contributed by atoms with van der Waals surface area (Å²) in [6, 6.07) is 9.55. The molecule has 3 rings (SSSR count). The van der Waals surface area contributed by atoms with Crippen LogP contribution in [0.25, 0.3) is 0 Å². The summed E-state index contributed by atoms with van der Waals surface area (Å²) >= 11 is 0. The fraction of sp³-hybridized carbons (Fsp3) is 0.294. The molecule has 0 saturated carbocycles. The van der Waals surface area contributed by atoms with E-state index < -0.39 is 17.9 Å². The number of fused-ring (bicyclic) bond motifs is 1. The lowest BCUT2D eigenvalue weighted by Gasteiger charge is -2.25. The standard InChI is InChI=1S/C17H18N4O5/c1-2-9-21-15(22)8-7-11(20-21)16(23)18-19-17(24)14-10-25-12-5-3-4-6-13(12)26-14/h3-8,14H,2,9-10H2,1H3,(H,18,23)(H,19,24). The molecule has 1 aromatic carbocycles. The lowest BCUT2D eigenvalue weighted by atomic mass is 10.2. The van der Waals surface area contributed by atoms with Gasteiger partial charge in [-0.3, -0.25) is 25.2 Å². The molecule has 9 heteroatoms. The summed E-state index contributed by atoms with van der Waals surface area (Å²) in [5.41, 5.74) is 4.26. The Kier molecular flexibility index (Phi) is 5.16. The summed E-state index contributed by atoms with van der Waals surface area (Å²) in [7, 11) is 0. The van der Waals surface area contributed by atoms with Crippen LogP contribution in [-0.4, -0.2) is 34.3 Å². The van der Waals surface area contributed by atoms with E-state index >= 15 is 0 Å². The van der Waals surface area contributed by atoms with E-state index in [2.05, 4.69) is 16.0 Å². The van der Waals surface area contributed by atoms with Crippen LogP contribution < -0.4 is 25.9 Å². The maximum absolute atomic E-state index is 12.2. The van der Waals surface area contributed by atoms with Crippen molar-refractivity contribution in [2.45, 2.75) is 26.0 Å². The number of hydrogen-bond acceptors (Lipinski definition) is 6. The largest absolute Gasteiger partial charge is 0.485 e. The molecule has 0 spiro atoms. The Hall–Kier alpha value is -3.36. The number of aromatic nitrogens is 2. The Morgan fingerprint density at radius 1 is 1.19 bits per heavy atom. The van der Waals surface area contributed by atoms with Crippen molar-refractivity contribution in [2.24, 2.45) is 0 Å². The quantitative estimate of drug-likeness (QED) is 0.758. The van der Waals surface area contributed by atoms with E-state index in [4.69, 9.17) is 9.47 Å². The number of carbonyl (C=O) groups excluding carboxylic acids is 2. The third-order valence-electron chi connectivity index (χ3n) is 3.63. The van der Waals surface area contributed by atoms with Crippen molar-refractivity contribution in [2.75, 3.05) is 6.61 Å². The lowest BCUT2D eigenvalue weighted by Crippen LogP contribution is -2.51. The van der Waals surface area contributed by atoms with Gasteiger partial charge in [-0.2, -0.15) is 5.10 Å².